The average Bonchev–Trinajstić information content (AvgIpc) is 2.92. The van der Waals surface area contributed by atoms with Crippen LogP contribution in [0.1, 0.15) is 69.3 Å². The fourth-order valence-corrected chi connectivity index (χ4v) is 2.65. The minimum atomic E-state index is -0.152. The molecule has 1 aliphatic rings. The Balaban J connectivity index is 1.64. The van der Waals surface area contributed by atoms with E-state index in [1.54, 1.807) is 0 Å². The highest BCUT2D eigenvalue weighted by Crippen LogP contribution is 2.29. The summed E-state index contributed by atoms with van der Waals surface area (Å²) in [6.45, 7) is 5.10. The summed E-state index contributed by atoms with van der Waals surface area (Å²) >= 11 is 0. The molecule has 1 fully saturated rings. The smallest absolute Gasteiger partial charge is 0.184 e. The molecule has 1 heterocycles. The topological polar surface area (TPSA) is 18.5 Å². The normalized spacial score (nSPS) is 22.3. The Hall–Kier alpha value is -0.860. The number of aryl methyl sites for hydroxylation is 1. The van der Waals surface area contributed by atoms with Crippen LogP contribution in [0.5, 0.6) is 0 Å². The second-order valence-corrected chi connectivity index (χ2v) is 5.89. The lowest BCUT2D eigenvalue weighted by Crippen LogP contribution is -2.09. The fourth-order valence-electron chi connectivity index (χ4n) is 2.65. The first-order chi connectivity index (χ1) is 9.79. The molecule has 0 radical (unpaired) electrons. The van der Waals surface area contributed by atoms with Gasteiger partial charge in [0.15, 0.2) is 6.29 Å². The van der Waals surface area contributed by atoms with Gasteiger partial charge in [-0.15, -0.1) is 0 Å². The first-order valence-corrected chi connectivity index (χ1v) is 8.13. The van der Waals surface area contributed by atoms with Crippen molar-refractivity contribution in [3.05, 3.63) is 35.4 Å². The molecule has 2 rings (SSSR count). The Morgan fingerprint density at radius 3 is 2.45 bits per heavy atom. The van der Waals surface area contributed by atoms with Crippen LogP contribution in [0.3, 0.4) is 0 Å². The van der Waals surface area contributed by atoms with Gasteiger partial charge in [0.2, 0.25) is 0 Å². The highest BCUT2D eigenvalue weighted by molar-refractivity contribution is 5.22. The molecule has 1 aromatic rings. The van der Waals surface area contributed by atoms with E-state index in [9.17, 15) is 0 Å². The first kappa shape index (κ1) is 15.5. The Labute approximate surface area is 123 Å². The highest BCUT2D eigenvalue weighted by Gasteiger charge is 2.26. The van der Waals surface area contributed by atoms with E-state index in [1.165, 1.54) is 44.1 Å². The van der Waals surface area contributed by atoms with Crippen molar-refractivity contribution in [1.29, 1.82) is 0 Å². The molecule has 0 amide bonds. The highest BCUT2D eigenvalue weighted by atomic mass is 16.7. The van der Waals surface area contributed by atoms with Crippen LogP contribution in [0.15, 0.2) is 24.3 Å². The van der Waals surface area contributed by atoms with E-state index in [2.05, 4.69) is 38.1 Å². The summed E-state index contributed by atoms with van der Waals surface area (Å²) in [5.74, 6) is 0. The van der Waals surface area contributed by atoms with E-state index in [4.69, 9.17) is 9.47 Å². The summed E-state index contributed by atoms with van der Waals surface area (Å²) in [5, 5.41) is 0. The lowest BCUT2D eigenvalue weighted by molar-refractivity contribution is -0.0613. The van der Waals surface area contributed by atoms with Crippen LogP contribution in [0.2, 0.25) is 0 Å². The third kappa shape index (κ3) is 4.92. The van der Waals surface area contributed by atoms with Crippen LogP contribution >= 0.6 is 0 Å². The van der Waals surface area contributed by atoms with Crippen molar-refractivity contribution < 1.29 is 9.47 Å². The lowest BCUT2D eigenvalue weighted by Gasteiger charge is -2.12. The standard InChI is InChI=1S/C18H28O2/c1-3-4-5-6-7-8-9-17-14-19-18(20-17)16-12-10-15(2)11-13-16/h10-13,17-18H,3-9,14H2,1-2H3. The van der Waals surface area contributed by atoms with E-state index in [-0.39, 0.29) is 12.4 Å². The van der Waals surface area contributed by atoms with Crippen LogP contribution in [0.25, 0.3) is 0 Å². The van der Waals surface area contributed by atoms with Crippen molar-refractivity contribution in [3.8, 4) is 0 Å². The molecule has 1 saturated heterocycles. The van der Waals surface area contributed by atoms with E-state index in [0.717, 1.165) is 18.6 Å². The van der Waals surface area contributed by atoms with Crippen molar-refractivity contribution >= 4 is 0 Å². The third-order valence-corrected chi connectivity index (χ3v) is 3.98. The third-order valence-electron chi connectivity index (χ3n) is 3.98. The SMILES string of the molecule is CCCCCCCCC1COC(c2ccc(C)cc2)O1. The van der Waals surface area contributed by atoms with Crippen LogP contribution in [0, 0.1) is 6.92 Å². The Kier molecular flexibility index (Phi) is 6.55. The van der Waals surface area contributed by atoms with Gasteiger partial charge in [0.05, 0.1) is 12.7 Å². The number of ether oxygens (including phenoxy) is 2. The molecule has 0 aromatic heterocycles. The maximum absolute atomic E-state index is 5.99. The number of hydrogen-bond donors (Lipinski definition) is 0. The molecule has 0 spiro atoms. The largest absolute Gasteiger partial charge is 0.346 e. The molecule has 1 aliphatic heterocycles. The maximum atomic E-state index is 5.99. The van der Waals surface area contributed by atoms with Crippen LogP contribution < -0.4 is 0 Å². The van der Waals surface area contributed by atoms with Gasteiger partial charge in [-0.2, -0.15) is 0 Å². The Morgan fingerprint density at radius 1 is 1.00 bits per heavy atom. The van der Waals surface area contributed by atoms with Gasteiger partial charge in [-0.25, -0.2) is 0 Å². The molecule has 0 aliphatic carbocycles. The summed E-state index contributed by atoms with van der Waals surface area (Å²) in [6.07, 6.45) is 9.29. The van der Waals surface area contributed by atoms with Gasteiger partial charge < -0.3 is 9.47 Å². The first-order valence-electron chi connectivity index (χ1n) is 8.13. The molecule has 2 heteroatoms. The predicted octanol–water partition coefficient (Wildman–Crippen LogP) is 5.16. The van der Waals surface area contributed by atoms with E-state index >= 15 is 0 Å². The monoisotopic (exact) mass is 276 g/mol. The number of benzene rings is 1. The van der Waals surface area contributed by atoms with Crippen molar-refractivity contribution in [2.24, 2.45) is 0 Å². The fraction of sp³-hybridized carbons (Fsp3) is 0.667. The van der Waals surface area contributed by atoms with Crippen molar-refractivity contribution in [2.45, 2.75) is 71.2 Å². The quantitative estimate of drug-likeness (QED) is 0.611. The second-order valence-electron chi connectivity index (χ2n) is 5.89. The molecule has 1 aromatic carbocycles. The summed E-state index contributed by atoms with van der Waals surface area (Å²) in [4.78, 5) is 0. The molecular formula is C18H28O2. The predicted molar refractivity (Wildman–Crippen MR) is 82.7 cm³/mol. The van der Waals surface area contributed by atoms with Crippen molar-refractivity contribution in [3.63, 3.8) is 0 Å². The number of hydrogen-bond acceptors (Lipinski definition) is 2. The van der Waals surface area contributed by atoms with Gasteiger partial charge in [0.25, 0.3) is 0 Å². The zero-order valence-electron chi connectivity index (χ0n) is 12.9. The summed E-state index contributed by atoms with van der Waals surface area (Å²) < 4.78 is 11.8. The summed E-state index contributed by atoms with van der Waals surface area (Å²) in [5.41, 5.74) is 2.41. The minimum Gasteiger partial charge on any atom is -0.346 e. The summed E-state index contributed by atoms with van der Waals surface area (Å²) in [7, 11) is 0. The molecule has 112 valence electrons. The van der Waals surface area contributed by atoms with Gasteiger partial charge in [-0.05, 0) is 13.3 Å². The lowest BCUT2D eigenvalue weighted by atomic mass is 10.1. The van der Waals surface area contributed by atoms with E-state index in [0.29, 0.717) is 0 Å². The molecule has 0 bridgehead atoms. The molecule has 2 nitrogen and oxygen atoms in total. The van der Waals surface area contributed by atoms with Crippen LogP contribution in [-0.2, 0) is 9.47 Å². The molecular weight excluding hydrogens is 248 g/mol. The van der Waals surface area contributed by atoms with Gasteiger partial charge in [-0.1, -0.05) is 75.3 Å². The average molecular weight is 276 g/mol. The zero-order valence-corrected chi connectivity index (χ0v) is 12.9. The van der Waals surface area contributed by atoms with Crippen molar-refractivity contribution in [1.82, 2.24) is 0 Å². The molecule has 0 saturated carbocycles. The second kappa shape index (κ2) is 8.43. The molecule has 2 unspecified atom stereocenters. The molecule has 0 N–H and O–H groups in total. The van der Waals surface area contributed by atoms with E-state index in [1.807, 2.05) is 0 Å². The zero-order chi connectivity index (χ0) is 14.2. The molecule has 2 atom stereocenters. The van der Waals surface area contributed by atoms with Crippen LogP contribution in [0.4, 0.5) is 0 Å². The number of unbranched alkanes of at least 4 members (excludes halogenated alkanes) is 5. The van der Waals surface area contributed by atoms with Crippen LogP contribution in [-0.4, -0.2) is 12.7 Å². The molecule has 20 heavy (non-hydrogen) atoms. The van der Waals surface area contributed by atoms with Gasteiger partial charge in [0, 0.05) is 5.56 Å². The van der Waals surface area contributed by atoms with Gasteiger partial charge in [-0.3, -0.25) is 0 Å². The Bertz CT molecular complexity index is 372. The van der Waals surface area contributed by atoms with E-state index < -0.39 is 0 Å². The van der Waals surface area contributed by atoms with Gasteiger partial charge in [0.1, 0.15) is 0 Å². The van der Waals surface area contributed by atoms with Crippen molar-refractivity contribution in [2.75, 3.05) is 6.61 Å². The van der Waals surface area contributed by atoms with Gasteiger partial charge >= 0.3 is 0 Å². The Morgan fingerprint density at radius 2 is 1.70 bits per heavy atom. The minimum absolute atomic E-state index is 0.152. The number of rotatable bonds is 8. The summed E-state index contributed by atoms with van der Waals surface area (Å²) in [6, 6.07) is 8.44. The maximum Gasteiger partial charge on any atom is 0.184 e.